The monoisotopic (exact) mass is 264 g/mol. The van der Waals surface area contributed by atoms with E-state index in [4.69, 9.17) is 5.11 Å². The SMILES string of the molecule is CC(=O)c1cc(C(=O)O)n(C(C)c2nccs2)c1. The first kappa shape index (κ1) is 12.5. The van der Waals surface area contributed by atoms with Crippen molar-refractivity contribution in [2.45, 2.75) is 19.9 Å². The average molecular weight is 264 g/mol. The van der Waals surface area contributed by atoms with E-state index in [0.717, 1.165) is 5.01 Å². The van der Waals surface area contributed by atoms with Crippen LogP contribution >= 0.6 is 11.3 Å². The van der Waals surface area contributed by atoms with E-state index in [1.807, 2.05) is 12.3 Å². The number of carboxylic acids is 1. The summed E-state index contributed by atoms with van der Waals surface area (Å²) in [7, 11) is 0. The molecule has 2 heterocycles. The van der Waals surface area contributed by atoms with Gasteiger partial charge < -0.3 is 9.67 Å². The number of ketones is 1. The Hall–Kier alpha value is -1.95. The maximum absolute atomic E-state index is 11.3. The van der Waals surface area contributed by atoms with Gasteiger partial charge in [0, 0.05) is 23.3 Å². The summed E-state index contributed by atoms with van der Waals surface area (Å²) in [6.45, 7) is 3.27. The zero-order valence-electron chi connectivity index (χ0n) is 9.95. The average Bonchev–Trinajstić information content (AvgIpc) is 2.97. The van der Waals surface area contributed by atoms with Gasteiger partial charge in [-0.25, -0.2) is 9.78 Å². The van der Waals surface area contributed by atoms with E-state index in [0.29, 0.717) is 5.56 Å². The minimum Gasteiger partial charge on any atom is -0.477 e. The number of carbonyl (C=O) groups is 2. The lowest BCUT2D eigenvalue weighted by Gasteiger charge is -2.12. The number of aromatic nitrogens is 2. The lowest BCUT2D eigenvalue weighted by molar-refractivity contribution is 0.0684. The Morgan fingerprint density at radius 1 is 1.50 bits per heavy atom. The molecule has 0 saturated heterocycles. The maximum Gasteiger partial charge on any atom is 0.352 e. The lowest BCUT2D eigenvalue weighted by Crippen LogP contribution is -2.12. The molecule has 0 saturated carbocycles. The highest BCUT2D eigenvalue weighted by Crippen LogP contribution is 2.24. The second kappa shape index (κ2) is 4.73. The van der Waals surface area contributed by atoms with E-state index in [-0.39, 0.29) is 17.5 Å². The minimum atomic E-state index is -1.05. The van der Waals surface area contributed by atoms with E-state index in [1.54, 1.807) is 17.0 Å². The second-order valence-electron chi connectivity index (χ2n) is 3.93. The highest BCUT2D eigenvalue weighted by molar-refractivity contribution is 7.09. The predicted octanol–water partition coefficient (Wildman–Crippen LogP) is 2.45. The van der Waals surface area contributed by atoms with Crippen molar-refractivity contribution >= 4 is 23.1 Å². The summed E-state index contributed by atoms with van der Waals surface area (Å²) in [6, 6.07) is 1.19. The van der Waals surface area contributed by atoms with Crippen LogP contribution in [-0.2, 0) is 0 Å². The van der Waals surface area contributed by atoms with Gasteiger partial charge in [-0.05, 0) is 19.9 Å². The van der Waals surface area contributed by atoms with Gasteiger partial charge in [-0.1, -0.05) is 0 Å². The molecule has 5 nitrogen and oxygen atoms in total. The smallest absolute Gasteiger partial charge is 0.352 e. The largest absolute Gasteiger partial charge is 0.477 e. The van der Waals surface area contributed by atoms with Crippen LogP contribution in [0.1, 0.15) is 45.7 Å². The quantitative estimate of drug-likeness (QED) is 0.861. The van der Waals surface area contributed by atoms with Crippen LogP contribution in [0.25, 0.3) is 0 Å². The first-order chi connectivity index (χ1) is 8.50. The van der Waals surface area contributed by atoms with Gasteiger partial charge in [0.1, 0.15) is 10.7 Å². The highest BCUT2D eigenvalue weighted by atomic mass is 32.1. The number of nitrogens with zero attached hydrogens (tertiary/aromatic N) is 2. The van der Waals surface area contributed by atoms with Crippen molar-refractivity contribution in [3.05, 3.63) is 40.1 Å². The molecule has 2 aromatic rings. The van der Waals surface area contributed by atoms with Gasteiger partial charge in [-0.3, -0.25) is 4.79 Å². The van der Waals surface area contributed by atoms with Gasteiger partial charge in [0.15, 0.2) is 5.78 Å². The molecule has 0 aromatic carbocycles. The topological polar surface area (TPSA) is 72.2 Å². The molecule has 1 N–H and O–H groups in total. The first-order valence-corrected chi connectivity index (χ1v) is 6.24. The number of hydrogen-bond acceptors (Lipinski definition) is 4. The van der Waals surface area contributed by atoms with Crippen LogP contribution in [0, 0.1) is 0 Å². The molecule has 0 spiro atoms. The molecule has 2 rings (SSSR count). The molecule has 6 heteroatoms. The number of Topliss-reactive ketones (excluding diaryl/α,β-unsaturated/α-hetero) is 1. The Labute approximate surface area is 108 Å². The van der Waals surface area contributed by atoms with Crippen molar-refractivity contribution in [1.29, 1.82) is 0 Å². The van der Waals surface area contributed by atoms with Crippen molar-refractivity contribution in [3.8, 4) is 0 Å². The third kappa shape index (κ3) is 2.19. The van der Waals surface area contributed by atoms with Crippen molar-refractivity contribution in [3.63, 3.8) is 0 Å². The lowest BCUT2D eigenvalue weighted by atomic mass is 10.2. The summed E-state index contributed by atoms with van der Waals surface area (Å²) >= 11 is 1.45. The molecule has 1 unspecified atom stereocenters. The Balaban J connectivity index is 2.49. The number of carboxylic acid groups (broad SMARTS) is 1. The minimum absolute atomic E-state index is 0.0999. The fraction of sp³-hybridized carbons (Fsp3) is 0.250. The Morgan fingerprint density at radius 2 is 2.22 bits per heavy atom. The highest BCUT2D eigenvalue weighted by Gasteiger charge is 2.20. The van der Waals surface area contributed by atoms with Gasteiger partial charge in [0.05, 0.1) is 6.04 Å². The normalized spacial score (nSPS) is 12.3. The van der Waals surface area contributed by atoms with E-state index in [1.165, 1.54) is 24.3 Å². The number of thiazole rings is 1. The molecular formula is C12H12N2O3S. The third-order valence-electron chi connectivity index (χ3n) is 2.70. The second-order valence-corrected chi connectivity index (χ2v) is 4.86. The fourth-order valence-electron chi connectivity index (χ4n) is 1.72. The van der Waals surface area contributed by atoms with Crippen molar-refractivity contribution in [2.75, 3.05) is 0 Å². The number of hydrogen-bond donors (Lipinski definition) is 1. The van der Waals surface area contributed by atoms with Gasteiger partial charge in [0.2, 0.25) is 0 Å². The van der Waals surface area contributed by atoms with E-state index < -0.39 is 5.97 Å². The van der Waals surface area contributed by atoms with Crippen LogP contribution in [0.3, 0.4) is 0 Å². The van der Waals surface area contributed by atoms with Gasteiger partial charge in [-0.15, -0.1) is 11.3 Å². The number of rotatable bonds is 4. The van der Waals surface area contributed by atoms with Gasteiger partial charge in [0.25, 0.3) is 0 Å². The molecule has 0 aliphatic rings. The molecule has 0 aliphatic heterocycles. The molecular weight excluding hydrogens is 252 g/mol. The van der Waals surface area contributed by atoms with Gasteiger partial charge >= 0.3 is 5.97 Å². The fourth-order valence-corrected chi connectivity index (χ4v) is 2.42. The Morgan fingerprint density at radius 3 is 2.72 bits per heavy atom. The first-order valence-electron chi connectivity index (χ1n) is 5.36. The summed E-state index contributed by atoms with van der Waals surface area (Å²) in [6.07, 6.45) is 3.24. The summed E-state index contributed by atoms with van der Waals surface area (Å²) in [5, 5.41) is 11.8. The molecule has 0 aliphatic carbocycles. The molecule has 0 amide bonds. The van der Waals surface area contributed by atoms with Crippen LogP contribution in [-0.4, -0.2) is 26.4 Å². The van der Waals surface area contributed by atoms with Gasteiger partial charge in [-0.2, -0.15) is 0 Å². The van der Waals surface area contributed by atoms with Crippen LogP contribution in [0.2, 0.25) is 0 Å². The number of aromatic carboxylic acids is 1. The molecule has 18 heavy (non-hydrogen) atoms. The zero-order valence-corrected chi connectivity index (χ0v) is 10.8. The van der Waals surface area contributed by atoms with Crippen LogP contribution in [0.5, 0.6) is 0 Å². The van der Waals surface area contributed by atoms with E-state index >= 15 is 0 Å². The van der Waals surface area contributed by atoms with Crippen LogP contribution in [0.4, 0.5) is 0 Å². The Kier molecular flexibility index (Phi) is 3.29. The standard InChI is InChI=1S/C12H12N2O3S/c1-7(11-13-3-4-18-11)14-6-9(8(2)15)5-10(14)12(16)17/h3-7H,1-2H3,(H,16,17). The summed E-state index contributed by atoms with van der Waals surface area (Å²) < 4.78 is 1.57. The molecule has 94 valence electrons. The van der Waals surface area contributed by atoms with Crippen molar-refractivity contribution < 1.29 is 14.7 Å². The predicted molar refractivity (Wildman–Crippen MR) is 67.3 cm³/mol. The number of carbonyl (C=O) groups excluding carboxylic acids is 1. The molecule has 2 aromatic heterocycles. The van der Waals surface area contributed by atoms with E-state index in [9.17, 15) is 9.59 Å². The summed E-state index contributed by atoms with van der Waals surface area (Å²) in [4.78, 5) is 26.7. The Bertz CT molecular complexity index is 586. The van der Waals surface area contributed by atoms with E-state index in [2.05, 4.69) is 4.98 Å². The van der Waals surface area contributed by atoms with Crippen molar-refractivity contribution in [1.82, 2.24) is 9.55 Å². The van der Waals surface area contributed by atoms with Crippen molar-refractivity contribution in [2.24, 2.45) is 0 Å². The maximum atomic E-state index is 11.3. The zero-order chi connectivity index (χ0) is 13.3. The summed E-state index contributed by atoms with van der Waals surface area (Å²) in [5.41, 5.74) is 0.499. The van der Waals surface area contributed by atoms with Crippen LogP contribution in [0.15, 0.2) is 23.8 Å². The van der Waals surface area contributed by atoms with Crippen LogP contribution < -0.4 is 0 Å². The third-order valence-corrected chi connectivity index (χ3v) is 3.65. The molecule has 0 fully saturated rings. The summed E-state index contributed by atoms with van der Waals surface area (Å²) in [5.74, 6) is -1.20. The molecule has 1 atom stereocenters. The molecule has 0 bridgehead atoms. The molecule has 0 radical (unpaired) electrons.